The first-order chi connectivity index (χ1) is 13.5. The molecule has 2 rings (SSSR count). The van der Waals surface area contributed by atoms with E-state index in [2.05, 4.69) is 5.32 Å². The maximum Gasteiger partial charge on any atom is 0.261 e. The van der Waals surface area contributed by atoms with Crippen LogP contribution in [-0.2, 0) is 16.0 Å². The van der Waals surface area contributed by atoms with E-state index in [1.54, 1.807) is 24.0 Å². The van der Waals surface area contributed by atoms with Crippen molar-refractivity contribution in [3.63, 3.8) is 0 Å². The highest BCUT2D eigenvalue weighted by molar-refractivity contribution is 5.87. The Labute approximate surface area is 167 Å². The number of para-hydroxylation sites is 1. The van der Waals surface area contributed by atoms with Crippen molar-refractivity contribution in [2.24, 2.45) is 5.92 Å². The van der Waals surface area contributed by atoms with Crippen LogP contribution >= 0.6 is 0 Å². The standard InChI is InChI=1S/C23H30N2O3/c1-18(2)16-24-23(27)19(3)25(15-14-20-10-6-4-7-11-20)22(26)17-28-21-12-8-5-9-13-21/h4-13,18-19H,14-17H2,1-3H3,(H,24,27)/t19-/m1/s1. The van der Waals surface area contributed by atoms with E-state index in [-0.39, 0.29) is 18.4 Å². The first-order valence-corrected chi connectivity index (χ1v) is 9.76. The minimum atomic E-state index is -0.561. The fraction of sp³-hybridized carbons (Fsp3) is 0.391. The van der Waals surface area contributed by atoms with Crippen LogP contribution in [0.5, 0.6) is 5.75 Å². The van der Waals surface area contributed by atoms with Gasteiger partial charge >= 0.3 is 0 Å². The molecule has 2 aromatic carbocycles. The number of nitrogens with one attached hydrogen (secondary N) is 1. The van der Waals surface area contributed by atoms with E-state index < -0.39 is 6.04 Å². The van der Waals surface area contributed by atoms with Crippen LogP contribution in [0.1, 0.15) is 26.3 Å². The van der Waals surface area contributed by atoms with Gasteiger partial charge in [0.05, 0.1) is 0 Å². The quantitative estimate of drug-likeness (QED) is 0.686. The number of ether oxygens (including phenoxy) is 1. The lowest BCUT2D eigenvalue weighted by Crippen LogP contribution is -2.50. The van der Waals surface area contributed by atoms with E-state index in [0.717, 1.165) is 5.56 Å². The lowest BCUT2D eigenvalue weighted by atomic mass is 10.1. The topological polar surface area (TPSA) is 58.6 Å². The van der Waals surface area contributed by atoms with Gasteiger partial charge in [0, 0.05) is 13.1 Å². The van der Waals surface area contributed by atoms with Crippen molar-refractivity contribution >= 4 is 11.8 Å². The summed E-state index contributed by atoms with van der Waals surface area (Å²) in [5.41, 5.74) is 1.12. The predicted molar refractivity (Wildman–Crippen MR) is 111 cm³/mol. The smallest absolute Gasteiger partial charge is 0.261 e. The minimum absolute atomic E-state index is 0.0966. The molecule has 1 atom stereocenters. The summed E-state index contributed by atoms with van der Waals surface area (Å²) in [6, 6.07) is 18.6. The molecule has 0 saturated heterocycles. The Bertz CT molecular complexity index is 732. The molecule has 2 amide bonds. The van der Waals surface area contributed by atoms with Crippen molar-refractivity contribution in [1.82, 2.24) is 10.2 Å². The molecule has 5 heteroatoms. The molecule has 0 aromatic heterocycles. The molecule has 2 aromatic rings. The van der Waals surface area contributed by atoms with Crippen molar-refractivity contribution in [3.05, 3.63) is 66.2 Å². The zero-order valence-electron chi connectivity index (χ0n) is 16.9. The average molecular weight is 383 g/mol. The monoisotopic (exact) mass is 382 g/mol. The Morgan fingerprint density at radius 1 is 0.964 bits per heavy atom. The zero-order valence-corrected chi connectivity index (χ0v) is 16.9. The Balaban J connectivity index is 2.03. The molecule has 0 aliphatic rings. The minimum Gasteiger partial charge on any atom is -0.484 e. The molecule has 0 spiro atoms. The van der Waals surface area contributed by atoms with Gasteiger partial charge < -0.3 is 15.0 Å². The number of nitrogens with zero attached hydrogens (tertiary/aromatic N) is 1. The summed E-state index contributed by atoms with van der Waals surface area (Å²) in [5.74, 6) is 0.642. The predicted octanol–water partition coefficient (Wildman–Crippen LogP) is 3.30. The largest absolute Gasteiger partial charge is 0.484 e. The second kappa shape index (κ2) is 11.1. The van der Waals surface area contributed by atoms with Gasteiger partial charge in [-0.05, 0) is 37.0 Å². The number of hydrogen-bond acceptors (Lipinski definition) is 3. The normalized spacial score (nSPS) is 11.7. The maximum absolute atomic E-state index is 12.8. The van der Waals surface area contributed by atoms with Crippen molar-refractivity contribution in [1.29, 1.82) is 0 Å². The summed E-state index contributed by atoms with van der Waals surface area (Å²) in [5, 5.41) is 2.92. The summed E-state index contributed by atoms with van der Waals surface area (Å²) in [6.45, 7) is 6.79. The number of carbonyl (C=O) groups is 2. The van der Waals surface area contributed by atoms with Crippen molar-refractivity contribution in [2.45, 2.75) is 33.2 Å². The highest BCUT2D eigenvalue weighted by Crippen LogP contribution is 2.10. The average Bonchev–Trinajstić information content (AvgIpc) is 2.72. The summed E-state index contributed by atoms with van der Waals surface area (Å²) in [4.78, 5) is 27.0. The molecule has 0 bridgehead atoms. The molecule has 1 N–H and O–H groups in total. The van der Waals surface area contributed by atoms with Crippen LogP contribution < -0.4 is 10.1 Å². The molecule has 0 radical (unpaired) electrons. The lowest BCUT2D eigenvalue weighted by Gasteiger charge is -2.29. The van der Waals surface area contributed by atoms with Gasteiger partial charge in [0.15, 0.2) is 6.61 Å². The molecule has 5 nitrogen and oxygen atoms in total. The SMILES string of the molecule is CC(C)CNC(=O)[C@@H](C)N(CCc1ccccc1)C(=O)COc1ccccc1. The number of hydrogen-bond donors (Lipinski definition) is 1. The fourth-order valence-corrected chi connectivity index (χ4v) is 2.77. The third kappa shape index (κ3) is 7.06. The summed E-state index contributed by atoms with van der Waals surface area (Å²) < 4.78 is 5.61. The first kappa shape index (κ1) is 21.5. The van der Waals surface area contributed by atoms with Gasteiger partial charge in [-0.3, -0.25) is 9.59 Å². The van der Waals surface area contributed by atoms with Gasteiger partial charge in [-0.2, -0.15) is 0 Å². The number of rotatable bonds is 10. The van der Waals surface area contributed by atoms with Crippen molar-refractivity contribution < 1.29 is 14.3 Å². The Morgan fingerprint density at radius 3 is 2.18 bits per heavy atom. The van der Waals surface area contributed by atoms with E-state index >= 15 is 0 Å². The number of amides is 2. The maximum atomic E-state index is 12.8. The van der Waals surface area contributed by atoms with E-state index in [9.17, 15) is 9.59 Å². The Kier molecular flexibility index (Phi) is 8.53. The molecule has 28 heavy (non-hydrogen) atoms. The summed E-state index contributed by atoms with van der Waals surface area (Å²) >= 11 is 0. The third-order valence-corrected chi connectivity index (χ3v) is 4.44. The van der Waals surface area contributed by atoms with Gasteiger partial charge in [-0.25, -0.2) is 0 Å². The molecule has 0 fully saturated rings. The third-order valence-electron chi connectivity index (χ3n) is 4.44. The molecule has 0 aliphatic heterocycles. The van der Waals surface area contributed by atoms with Crippen LogP contribution in [0.2, 0.25) is 0 Å². The first-order valence-electron chi connectivity index (χ1n) is 9.76. The highest BCUT2D eigenvalue weighted by Gasteiger charge is 2.26. The van der Waals surface area contributed by atoms with Crippen LogP contribution in [0.3, 0.4) is 0 Å². The van der Waals surface area contributed by atoms with Crippen LogP contribution in [0.15, 0.2) is 60.7 Å². The van der Waals surface area contributed by atoms with Crippen LogP contribution in [0, 0.1) is 5.92 Å². The second-order valence-electron chi connectivity index (χ2n) is 7.24. The van der Waals surface area contributed by atoms with Gasteiger partial charge in [0.1, 0.15) is 11.8 Å². The van der Waals surface area contributed by atoms with Crippen molar-refractivity contribution in [2.75, 3.05) is 19.7 Å². The molecule has 150 valence electrons. The van der Waals surface area contributed by atoms with Crippen molar-refractivity contribution in [3.8, 4) is 5.75 Å². The Hall–Kier alpha value is -2.82. The van der Waals surface area contributed by atoms with Gasteiger partial charge in [-0.15, -0.1) is 0 Å². The molecule has 0 heterocycles. The van der Waals surface area contributed by atoms with Gasteiger partial charge in [0.2, 0.25) is 5.91 Å². The van der Waals surface area contributed by atoms with E-state index in [1.165, 1.54) is 0 Å². The van der Waals surface area contributed by atoms with Crippen LogP contribution in [-0.4, -0.2) is 42.5 Å². The number of benzene rings is 2. The Morgan fingerprint density at radius 2 is 1.57 bits per heavy atom. The molecule has 0 saturated carbocycles. The lowest BCUT2D eigenvalue weighted by molar-refractivity contribution is -0.141. The number of carbonyl (C=O) groups excluding carboxylic acids is 2. The summed E-state index contributed by atoms with van der Waals surface area (Å²) in [7, 11) is 0. The summed E-state index contributed by atoms with van der Waals surface area (Å²) in [6.07, 6.45) is 0.680. The second-order valence-corrected chi connectivity index (χ2v) is 7.24. The molecule has 0 unspecified atom stereocenters. The van der Waals surface area contributed by atoms with E-state index in [0.29, 0.717) is 31.2 Å². The molecule has 0 aliphatic carbocycles. The zero-order chi connectivity index (χ0) is 20.4. The molecular formula is C23H30N2O3. The van der Waals surface area contributed by atoms with E-state index in [4.69, 9.17) is 4.74 Å². The van der Waals surface area contributed by atoms with E-state index in [1.807, 2.05) is 62.4 Å². The highest BCUT2D eigenvalue weighted by atomic mass is 16.5. The van der Waals surface area contributed by atoms with Crippen LogP contribution in [0.4, 0.5) is 0 Å². The van der Waals surface area contributed by atoms with Crippen LogP contribution in [0.25, 0.3) is 0 Å². The van der Waals surface area contributed by atoms with Gasteiger partial charge in [0.25, 0.3) is 5.91 Å². The molecular weight excluding hydrogens is 352 g/mol. The fourth-order valence-electron chi connectivity index (χ4n) is 2.77. The van der Waals surface area contributed by atoms with Gasteiger partial charge in [-0.1, -0.05) is 62.4 Å².